The summed E-state index contributed by atoms with van der Waals surface area (Å²) in [4.78, 5) is 22.8. The Hall–Kier alpha value is -4.91. The third-order valence-corrected chi connectivity index (χ3v) is 7.57. The number of hydrogen-bond donors (Lipinski definition) is 2. The van der Waals surface area contributed by atoms with Crippen molar-refractivity contribution in [2.45, 2.75) is 26.7 Å². The van der Waals surface area contributed by atoms with Crippen LogP contribution in [0.5, 0.6) is 0 Å². The summed E-state index contributed by atoms with van der Waals surface area (Å²) in [5, 5.41) is 14.9. The second-order valence-electron chi connectivity index (χ2n) is 10.2. The Balaban J connectivity index is 1.42. The van der Waals surface area contributed by atoms with E-state index in [1.165, 1.54) is 0 Å². The van der Waals surface area contributed by atoms with Crippen molar-refractivity contribution in [1.29, 1.82) is 0 Å². The van der Waals surface area contributed by atoms with Gasteiger partial charge in [-0.05, 0) is 47.7 Å². The number of rotatable bonds is 2. The van der Waals surface area contributed by atoms with Crippen molar-refractivity contribution in [2.75, 3.05) is 0 Å². The molecule has 0 aliphatic rings. The molecular weight excluding hydrogens is 470 g/mol. The van der Waals surface area contributed by atoms with Crippen molar-refractivity contribution in [3.8, 4) is 11.1 Å². The molecule has 182 valence electrons. The molecule has 0 bridgehead atoms. The normalized spacial score (nSPS) is 12.3. The van der Waals surface area contributed by atoms with Crippen LogP contribution in [0.15, 0.2) is 67.1 Å². The van der Waals surface area contributed by atoms with E-state index in [2.05, 4.69) is 71.5 Å². The summed E-state index contributed by atoms with van der Waals surface area (Å²) in [5.74, 6) is 2.07. The maximum Gasteiger partial charge on any atom is 0.126 e. The van der Waals surface area contributed by atoms with Crippen LogP contribution in [-0.2, 0) is 0 Å². The van der Waals surface area contributed by atoms with Gasteiger partial charge < -0.3 is 4.98 Å². The number of aryl methyl sites for hydroxylation is 1. The third kappa shape index (κ3) is 2.87. The Labute approximate surface area is 217 Å². The number of aromatic amines is 2. The topological polar surface area (TPSA) is 96.0 Å². The van der Waals surface area contributed by atoms with Gasteiger partial charge in [0.05, 0.1) is 28.3 Å². The highest BCUT2D eigenvalue weighted by molar-refractivity contribution is 6.24. The molecule has 0 aliphatic heterocycles. The molecule has 8 rings (SSSR count). The summed E-state index contributed by atoms with van der Waals surface area (Å²) in [7, 11) is 0. The molecule has 0 unspecified atom stereocenters. The standard InChI is InChI=1S/C31H23N7/c1-15(2)31-37-28-20-9-7-18(12-23(20)26-21(29(28)38-31)5-4-10-32-26)17-6-8-19-22(11-17)24-13-33-34-14-25(24)30-27(19)35-16(3)36-30/h4-15,33H,1-3H3,(H,37,38). The van der Waals surface area contributed by atoms with Crippen molar-refractivity contribution >= 4 is 65.3 Å². The highest BCUT2D eigenvalue weighted by Crippen LogP contribution is 2.38. The Morgan fingerprint density at radius 3 is 2.26 bits per heavy atom. The zero-order chi connectivity index (χ0) is 25.5. The summed E-state index contributed by atoms with van der Waals surface area (Å²) in [6, 6.07) is 17.3. The average molecular weight is 494 g/mol. The highest BCUT2D eigenvalue weighted by atomic mass is 15.1. The molecule has 7 heteroatoms. The Bertz CT molecular complexity index is 2240. The summed E-state index contributed by atoms with van der Waals surface area (Å²) in [5.41, 5.74) is 7.09. The van der Waals surface area contributed by atoms with Gasteiger partial charge in [-0.15, -0.1) is 0 Å². The number of imidazole rings is 2. The molecule has 0 radical (unpaired) electrons. The van der Waals surface area contributed by atoms with Gasteiger partial charge in [0.1, 0.15) is 17.2 Å². The van der Waals surface area contributed by atoms with E-state index < -0.39 is 0 Å². The van der Waals surface area contributed by atoms with E-state index in [1.807, 2.05) is 31.6 Å². The fraction of sp³-hybridized carbons (Fsp3) is 0.129. The number of nitrogens with zero attached hydrogens (tertiary/aromatic N) is 5. The summed E-state index contributed by atoms with van der Waals surface area (Å²) in [6.07, 6.45) is 5.65. The predicted octanol–water partition coefficient (Wildman–Crippen LogP) is 7.34. The second kappa shape index (κ2) is 7.55. The second-order valence-corrected chi connectivity index (χ2v) is 10.2. The maximum atomic E-state index is 4.95. The van der Waals surface area contributed by atoms with Crippen LogP contribution in [0.25, 0.3) is 76.4 Å². The third-order valence-electron chi connectivity index (χ3n) is 7.57. The summed E-state index contributed by atoms with van der Waals surface area (Å²) >= 11 is 0. The first-order chi connectivity index (χ1) is 18.6. The minimum absolute atomic E-state index is 0.311. The Morgan fingerprint density at radius 1 is 0.684 bits per heavy atom. The van der Waals surface area contributed by atoms with Crippen LogP contribution in [0.3, 0.4) is 0 Å². The lowest BCUT2D eigenvalue weighted by Crippen LogP contribution is -1.88. The zero-order valence-corrected chi connectivity index (χ0v) is 21.2. The van der Waals surface area contributed by atoms with Gasteiger partial charge in [-0.25, -0.2) is 15.0 Å². The number of hydrogen-bond acceptors (Lipinski definition) is 5. The van der Waals surface area contributed by atoms with E-state index in [4.69, 9.17) is 19.9 Å². The van der Waals surface area contributed by atoms with Gasteiger partial charge in [0.2, 0.25) is 0 Å². The highest BCUT2D eigenvalue weighted by Gasteiger charge is 2.17. The predicted molar refractivity (Wildman–Crippen MR) is 153 cm³/mol. The van der Waals surface area contributed by atoms with Gasteiger partial charge in [0, 0.05) is 50.6 Å². The molecule has 0 spiro atoms. The van der Waals surface area contributed by atoms with Gasteiger partial charge in [-0.3, -0.25) is 10.1 Å². The van der Waals surface area contributed by atoms with E-state index in [-0.39, 0.29) is 0 Å². The summed E-state index contributed by atoms with van der Waals surface area (Å²) in [6.45, 7) is 6.25. The van der Waals surface area contributed by atoms with E-state index in [0.717, 1.165) is 88.1 Å². The molecule has 4 heterocycles. The number of aromatic nitrogens is 7. The molecule has 0 aliphatic carbocycles. The smallest absolute Gasteiger partial charge is 0.126 e. The number of benzene rings is 4. The number of fused-ring (bicyclic) bond motifs is 12. The molecule has 0 saturated heterocycles. The van der Waals surface area contributed by atoms with Crippen LogP contribution >= 0.6 is 0 Å². The van der Waals surface area contributed by atoms with Crippen LogP contribution in [0.4, 0.5) is 0 Å². The van der Waals surface area contributed by atoms with Crippen molar-refractivity contribution in [3.05, 3.63) is 78.8 Å². The van der Waals surface area contributed by atoms with Gasteiger partial charge >= 0.3 is 0 Å². The van der Waals surface area contributed by atoms with Gasteiger partial charge in [0.25, 0.3) is 0 Å². The quantitative estimate of drug-likeness (QED) is 0.246. The first-order valence-corrected chi connectivity index (χ1v) is 12.8. The van der Waals surface area contributed by atoms with Crippen molar-refractivity contribution < 1.29 is 0 Å². The monoisotopic (exact) mass is 493 g/mol. The lowest BCUT2D eigenvalue weighted by molar-refractivity contribution is 0.799. The van der Waals surface area contributed by atoms with Crippen LogP contribution in [-0.4, -0.2) is 35.1 Å². The molecule has 4 aromatic heterocycles. The van der Waals surface area contributed by atoms with Gasteiger partial charge in [-0.1, -0.05) is 38.1 Å². The summed E-state index contributed by atoms with van der Waals surface area (Å²) < 4.78 is 0. The average Bonchev–Trinajstić information content (AvgIpc) is 3.58. The minimum atomic E-state index is 0.311. The molecule has 8 aromatic rings. The minimum Gasteiger partial charge on any atom is -0.341 e. The molecule has 2 N–H and O–H groups in total. The first-order valence-electron chi connectivity index (χ1n) is 12.8. The molecule has 0 atom stereocenters. The van der Waals surface area contributed by atoms with Gasteiger partial charge in [-0.2, -0.15) is 5.10 Å². The largest absolute Gasteiger partial charge is 0.341 e. The number of pyridine rings is 1. The number of nitrogens with one attached hydrogen (secondary N) is 2. The van der Waals surface area contributed by atoms with E-state index in [1.54, 1.807) is 0 Å². The lowest BCUT2D eigenvalue weighted by atomic mass is 9.95. The molecule has 0 saturated carbocycles. The molecule has 0 fully saturated rings. The van der Waals surface area contributed by atoms with E-state index in [9.17, 15) is 0 Å². The zero-order valence-electron chi connectivity index (χ0n) is 21.2. The fourth-order valence-electron chi connectivity index (χ4n) is 5.75. The van der Waals surface area contributed by atoms with Crippen LogP contribution in [0, 0.1) is 6.92 Å². The van der Waals surface area contributed by atoms with Crippen LogP contribution in [0.1, 0.15) is 31.4 Å². The molecule has 4 aromatic carbocycles. The fourth-order valence-corrected chi connectivity index (χ4v) is 5.75. The lowest BCUT2D eigenvalue weighted by Gasteiger charge is -2.10. The number of H-pyrrole nitrogens is 2. The molecule has 7 nitrogen and oxygen atoms in total. The van der Waals surface area contributed by atoms with Crippen LogP contribution < -0.4 is 0 Å². The SMILES string of the molecule is Cc1nc2c3ccc(-c4ccc5c(c4)c4ncccc4c4nc(C(C)C)[nH]c54)cc3c3c[nH]ncc3c2n1. The first kappa shape index (κ1) is 21.2. The van der Waals surface area contributed by atoms with Crippen molar-refractivity contribution in [3.63, 3.8) is 0 Å². The molecule has 0 amide bonds. The van der Waals surface area contributed by atoms with E-state index >= 15 is 0 Å². The molecular formula is C31H23N7. The van der Waals surface area contributed by atoms with Crippen LogP contribution in [0.2, 0.25) is 0 Å². The van der Waals surface area contributed by atoms with Crippen molar-refractivity contribution in [2.24, 2.45) is 0 Å². The Morgan fingerprint density at radius 2 is 1.45 bits per heavy atom. The molecule has 38 heavy (non-hydrogen) atoms. The van der Waals surface area contributed by atoms with Crippen molar-refractivity contribution in [1.82, 2.24) is 35.1 Å². The van der Waals surface area contributed by atoms with Gasteiger partial charge in [0.15, 0.2) is 0 Å². The maximum absolute atomic E-state index is 4.95. The Kier molecular flexibility index (Phi) is 4.21. The van der Waals surface area contributed by atoms with E-state index in [0.29, 0.717) is 5.92 Å².